The number of hydrogen-bond donors (Lipinski definition) is 3. The molecule has 0 unspecified atom stereocenters. The standard InChI is InChI=1S/C23H25F2N5O3S/c1-5-8-33-18-10-27-19(13(2)28-18)20(32)29-15-6-7-17(25)16(9-15)23(11-24)14(3)22(4,12-31)34-21(26)30-23/h1,6-7,9-10,14,31H,8,11-12H2,2-4H3,(H2,26,30)(H,29,32)/t14-,22-,23+/m1/s1. The Kier molecular flexibility index (Phi) is 7.43. The number of carbonyl (C=O) groups is 1. The normalized spacial score (nSPS) is 24.1. The molecular formula is C23H25F2N5O3S. The van der Waals surface area contributed by atoms with Crippen LogP contribution in [0.25, 0.3) is 0 Å². The molecule has 2 aromatic rings. The molecule has 1 aromatic heterocycles. The number of thioether (sulfide) groups is 1. The van der Waals surface area contributed by atoms with Gasteiger partial charge in [0.25, 0.3) is 5.91 Å². The molecule has 0 spiro atoms. The van der Waals surface area contributed by atoms with Crippen molar-refractivity contribution >= 4 is 28.5 Å². The molecule has 1 aromatic carbocycles. The number of nitrogens with one attached hydrogen (secondary N) is 1. The van der Waals surface area contributed by atoms with E-state index >= 15 is 4.39 Å². The fourth-order valence-corrected chi connectivity index (χ4v) is 4.94. The SMILES string of the molecule is C#CCOc1cnc(C(=O)Nc2ccc(F)c([C@@]3(CF)N=C(N)S[C@](C)(CO)[C@H]3C)c2)c(C)n1. The van der Waals surface area contributed by atoms with Gasteiger partial charge in [-0.15, -0.1) is 6.42 Å². The van der Waals surface area contributed by atoms with Crippen molar-refractivity contribution in [3.05, 3.63) is 47.2 Å². The molecular weight excluding hydrogens is 464 g/mol. The number of nitrogens with two attached hydrogens (primary N) is 1. The molecule has 0 radical (unpaired) electrons. The van der Waals surface area contributed by atoms with E-state index in [0.717, 1.165) is 17.8 Å². The average molecular weight is 490 g/mol. The third-order valence-corrected chi connectivity index (χ3v) is 7.18. The summed E-state index contributed by atoms with van der Waals surface area (Å²) in [5.41, 5.74) is 4.71. The summed E-state index contributed by atoms with van der Waals surface area (Å²) in [4.78, 5) is 25.3. The molecule has 0 saturated heterocycles. The second-order valence-corrected chi connectivity index (χ2v) is 9.64. The molecule has 0 bridgehead atoms. The highest BCUT2D eigenvalue weighted by molar-refractivity contribution is 8.15. The van der Waals surface area contributed by atoms with Crippen LogP contribution < -0.4 is 15.8 Å². The van der Waals surface area contributed by atoms with E-state index in [1.807, 2.05) is 0 Å². The molecule has 0 saturated carbocycles. The van der Waals surface area contributed by atoms with Crippen molar-refractivity contribution in [2.45, 2.75) is 31.1 Å². The van der Waals surface area contributed by atoms with Gasteiger partial charge in [0.05, 0.1) is 18.5 Å². The number of aliphatic imine (C=N–C) groups is 1. The van der Waals surface area contributed by atoms with Crippen LogP contribution in [-0.2, 0) is 5.54 Å². The van der Waals surface area contributed by atoms with Crippen molar-refractivity contribution in [1.82, 2.24) is 9.97 Å². The van der Waals surface area contributed by atoms with Gasteiger partial charge >= 0.3 is 0 Å². The third kappa shape index (κ3) is 4.69. The lowest BCUT2D eigenvalue weighted by atomic mass is 9.73. The smallest absolute Gasteiger partial charge is 0.276 e. The molecule has 3 rings (SSSR count). The minimum Gasteiger partial charge on any atom is -0.463 e. The summed E-state index contributed by atoms with van der Waals surface area (Å²) in [6.07, 6.45) is 6.41. The number of benzene rings is 1. The molecule has 1 amide bonds. The maximum absolute atomic E-state index is 15.0. The van der Waals surface area contributed by atoms with Crippen molar-refractivity contribution in [3.8, 4) is 18.2 Å². The van der Waals surface area contributed by atoms with Crippen LogP contribution in [0.1, 0.15) is 35.6 Å². The highest BCUT2D eigenvalue weighted by atomic mass is 32.2. The number of rotatable bonds is 7. The number of amidine groups is 1. The maximum Gasteiger partial charge on any atom is 0.276 e. The highest BCUT2D eigenvalue weighted by Gasteiger charge is 2.52. The van der Waals surface area contributed by atoms with Crippen LogP contribution >= 0.6 is 11.8 Å². The Morgan fingerprint density at radius 1 is 1.47 bits per heavy atom. The van der Waals surface area contributed by atoms with Gasteiger partial charge in [-0.05, 0) is 32.0 Å². The first-order chi connectivity index (χ1) is 16.1. The Bertz CT molecular complexity index is 1170. The van der Waals surface area contributed by atoms with Crippen LogP contribution in [0.15, 0.2) is 29.4 Å². The van der Waals surface area contributed by atoms with E-state index in [4.69, 9.17) is 16.9 Å². The second kappa shape index (κ2) is 9.95. The summed E-state index contributed by atoms with van der Waals surface area (Å²) in [5, 5.41) is 12.6. The summed E-state index contributed by atoms with van der Waals surface area (Å²) in [6.45, 7) is 3.63. The summed E-state index contributed by atoms with van der Waals surface area (Å²) >= 11 is 1.12. The van der Waals surface area contributed by atoms with Crippen LogP contribution in [0.5, 0.6) is 5.88 Å². The highest BCUT2D eigenvalue weighted by Crippen LogP contribution is 2.50. The van der Waals surface area contributed by atoms with E-state index in [-0.39, 0.29) is 41.2 Å². The van der Waals surface area contributed by atoms with Gasteiger partial charge in [0.15, 0.2) is 11.8 Å². The summed E-state index contributed by atoms with van der Waals surface area (Å²) in [7, 11) is 0. The molecule has 2 heterocycles. The van der Waals surface area contributed by atoms with E-state index in [2.05, 4.69) is 26.2 Å². The summed E-state index contributed by atoms with van der Waals surface area (Å²) in [6, 6.07) is 3.78. The fraction of sp³-hybridized carbons (Fsp3) is 0.391. The number of nitrogens with zero attached hydrogens (tertiary/aromatic N) is 3. The number of aliphatic hydroxyl groups excluding tert-OH is 1. The fourth-order valence-electron chi connectivity index (χ4n) is 3.82. The predicted molar refractivity (Wildman–Crippen MR) is 127 cm³/mol. The third-order valence-electron chi connectivity index (χ3n) is 5.93. The van der Waals surface area contributed by atoms with Gasteiger partial charge in [-0.25, -0.2) is 23.7 Å². The number of terminal acetylenes is 1. The van der Waals surface area contributed by atoms with Gasteiger partial charge in [0.1, 0.15) is 23.7 Å². The lowest BCUT2D eigenvalue weighted by Crippen LogP contribution is -2.53. The molecule has 3 atom stereocenters. The molecule has 180 valence electrons. The molecule has 8 nitrogen and oxygen atoms in total. The van der Waals surface area contributed by atoms with Crippen LogP contribution in [0, 0.1) is 31.0 Å². The minimum absolute atomic E-state index is 0.00753. The van der Waals surface area contributed by atoms with Gasteiger partial charge in [-0.3, -0.25) is 4.79 Å². The van der Waals surface area contributed by atoms with Crippen LogP contribution in [0.4, 0.5) is 14.5 Å². The predicted octanol–water partition coefficient (Wildman–Crippen LogP) is 2.80. The molecule has 1 aliphatic heterocycles. The number of carbonyl (C=O) groups excluding carboxylic acids is 1. The zero-order valence-corrected chi connectivity index (χ0v) is 19.7. The number of alkyl halides is 1. The molecule has 4 N–H and O–H groups in total. The maximum atomic E-state index is 15.0. The molecule has 11 heteroatoms. The van der Waals surface area contributed by atoms with Gasteiger partial charge in [-0.2, -0.15) is 0 Å². The quantitative estimate of drug-likeness (QED) is 0.511. The number of anilines is 1. The number of ether oxygens (including phenoxy) is 1. The van der Waals surface area contributed by atoms with Gasteiger partial charge in [0.2, 0.25) is 5.88 Å². The molecule has 0 fully saturated rings. The molecule has 1 aliphatic rings. The topological polar surface area (TPSA) is 123 Å². The minimum atomic E-state index is -1.68. The van der Waals surface area contributed by atoms with Crippen LogP contribution in [0.2, 0.25) is 0 Å². The number of amides is 1. The number of aryl methyl sites for hydroxylation is 1. The van der Waals surface area contributed by atoms with E-state index in [1.54, 1.807) is 20.8 Å². The lowest BCUT2D eigenvalue weighted by molar-refractivity contribution is 0.102. The van der Waals surface area contributed by atoms with E-state index in [1.165, 1.54) is 18.3 Å². The number of aromatic nitrogens is 2. The number of aliphatic hydroxyl groups is 1. The molecule has 34 heavy (non-hydrogen) atoms. The van der Waals surface area contributed by atoms with E-state index in [0.29, 0.717) is 5.69 Å². The van der Waals surface area contributed by atoms with E-state index in [9.17, 15) is 14.3 Å². The zero-order valence-electron chi connectivity index (χ0n) is 18.9. The average Bonchev–Trinajstić information content (AvgIpc) is 2.81. The van der Waals surface area contributed by atoms with Crippen molar-refractivity contribution in [2.24, 2.45) is 16.6 Å². The largest absolute Gasteiger partial charge is 0.463 e. The Morgan fingerprint density at radius 3 is 2.82 bits per heavy atom. The number of hydrogen-bond acceptors (Lipinski definition) is 8. The van der Waals surface area contributed by atoms with Crippen LogP contribution in [0.3, 0.4) is 0 Å². The second-order valence-electron chi connectivity index (χ2n) is 8.09. The first-order valence-electron chi connectivity index (χ1n) is 10.3. The van der Waals surface area contributed by atoms with Gasteiger partial charge in [-0.1, -0.05) is 24.6 Å². The van der Waals surface area contributed by atoms with Gasteiger partial charge < -0.3 is 20.9 Å². The first-order valence-corrected chi connectivity index (χ1v) is 11.1. The Hall–Kier alpha value is -3.23. The summed E-state index contributed by atoms with van der Waals surface area (Å²) in [5.74, 6) is 0.539. The summed E-state index contributed by atoms with van der Waals surface area (Å²) < 4.78 is 33.9. The van der Waals surface area contributed by atoms with E-state index < -0.39 is 34.6 Å². The first kappa shape index (κ1) is 25.4. The zero-order chi connectivity index (χ0) is 25.1. The number of halogens is 2. The Labute approximate surface area is 200 Å². The van der Waals surface area contributed by atoms with Crippen molar-refractivity contribution in [1.29, 1.82) is 0 Å². The van der Waals surface area contributed by atoms with Gasteiger partial charge in [0, 0.05) is 21.9 Å². The van der Waals surface area contributed by atoms with Crippen molar-refractivity contribution in [2.75, 3.05) is 25.2 Å². The van der Waals surface area contributed by atoms with Crippen molar-refractivity contribution < 1.29 is 23.4 Å². The van der Waals surface area contributed by atoms with Crippen LogP contribution in [-0.4, -0.2) is 50.8 Å². The Morgan fingerprint density at radius 2 is 2.21 bits per heavy atom. The van der Waals surface area contributed by atoms with Crippen molar-refractivity contribution in [3.63, 3.8) is 0 Å². The monoisotopic (exact) mass is 489 g/mol. The molecule has 0 aliphatic carbocycles. The Balaban J connectivity index is 1.96. The lowest BCUT2D eigenvalue weighted by Gasteiger charge is -2.47.